The molecule has 2 heterocycles. The predicted molar refractivity (Wildman–Crippen MR) is 137 cm³/mol. The zero-order valence-corrected chi connectivity index (χ0v) is 20.7. The second-order valence-electron chi connectivity index (χ2n) is 9.23. The molecule has 3 aromatic carbocycles. The van der Waals surface area contributed by atoms with E-state index in [2.05, 4.69) is 5.32 Å². The monoisotopic (exact) mass is 518 g/mol. The van der Waals surface area contributed by atoms with E-state index in [1.165, 1.54) is 4.90 Å². The Morgan fingerprint density at radius 1 is 0.868 bits per heavy atom. The van der Waals surface area contributed by atoms with E-state index in [0.717, 1.165) is 16.7 Å². The summed E-state index contributed by atoms with van der Waals surface area (Å²) in [5.74, 6) is 0. The smallest absolute Gasteiger partial charge is 0.412 e. The third-order valence-electron chi connectivity index (χ3n) is 6.59. The highest BCUT2D eigenvalue weighted by molar-refractivity contribution is 5.69. The van der Waals surface area contributed by atoms with Gasteiger partial charge in [-0.3, -0.25) is 4.90 Å². The van der Waals surface area contributed by atoms with Gasteiger partial charge in [-0.15, -0.1) is 0 Å². The molecule has 2 aliphatic heterocycles. The molecule has 0 aliphatic carbocycles. The van der Waals surface area contributed by atoms with Crippen molar-refractivity contribution in [1.82, 2.24) is 10.2 Å². The molecule has 0 bridgehead atoms. The second kappa shape index (κ2) is 12.1. The van der Waals surface area contributed by atoms with Crippen LogP contribution in [-0.4, -0.2) is 59.7 Å². The van der Waals surface area contributed by atoms with Gasteiger partial charge in [0, 0.05) is 5.56 Å². The third-order valence-corrected chi connectivity index (χ3v) is 6.59. The Kier molecular flexibility index (Phi) is 8.18. The van der Waals surface area contributed by atoms with E-state index >= 15 is 0 Å². The Labute approximate surface area is 220 Å². The Morgan fingerprint density at radius 2 is 1.45 bits per heavy atom. The van der Waals surface area contributed by atoms with E-state index in [-0.39, 0.29) is 26.4 Å². The SMILES string of the molecule is O=C(N[C@H]1CO[C@H]2CN(C(=O)OCc3ccccc3)C(c3ccccc3)O[C@H]2[C@@H]1O)OCc1ccccc1. The number of nitrogens with one attached hydrogen (secondary N) is 1. The average molecular weight is 519 g/mol. The van der Waals surface area contributed by atoms with Crippen LogP contribution in [0.25, 0.3) is 0 Å². The summed E-state index contributed by atoms with van der Waals surface area (Å²) in [4.78, 5) is 27.0. The number of fused-ring (bicyclic) bond motifs is 1. The van der Waals surface area contributed by atoms with Gasteiger partial charge in [0.05, 0.1) is 19.2 Å². The first-order valence-corrected chi connectivity index (χ1v) is 12.5. The lowest BCUT2D eigenvalue weighted by molar-refractivity contribution is -0.249. The van der Waals surface area contributed by atoms with Crippen molar-refractivity contribution in [3.63, 3.8) is 0 Å². The molecule has 2 amide bonds. The van der Waals surface area contributed by atoms with Crippen molar-refractivity contribution < 1.29 is 33.6 Å². The quantitative estimate of drug-likeness (QED) is 0.512. The highest BCUT2D eigenvalue weighted by atomic mass is 16.6. The normalized spacial score (nSPS) is 24.7. The standard InChI is InChI=1S/C29H30N2O7/c32-25-23(30-28(33)36-17-20-10-4-1-5-11-20)19-35-24-16-31(29(34)37-18-21-12-6-2-7-13-21)27(38-26(24)25)22-14-8-3-9-15-22/h1-15,23-27,32H,16-19H2,(H,30,33)/t23-,24-,25+,26+,27?/m0/s1. The van der Waals surface area contributed by atoms with Gasteiger partial charge in [-0.2, -0.15) is 0 Å². The lowest BCUT2D eigenvalue weighted by atomic mass is 9.95. The van der Waals surface area contributed by atoms with E-state index in [0.29, 0.717) is 0 Å². The van der Waals surface area contributed by atoms with Crippen LogP contribution in [0.5, 0.6) is 0 Å². The molecule has 0 saturated carbocycles. The molecule has 2 saturated heterocycles. The molecule has 5 rings (SSSR count). The molecule has 1 unspecified atom stereocenters. The molecule has 2 aliphatic rings. The number of carbonyl (C=O) groups excluding carboxylic acids is 2. The highest BCUT2D eigenvalue weighted by Gasteiger charge is 2.49. The van der Waals surface area contributed by atoms with Gasteiger partial charge < -0.3 is 29.4 Å². The Morgan fingerprint density at radius 3 is 2.08 bits per heavy atom. The minimum Gasteiger partial charge on any atom is -0.445 e. The Hall–Kier alpha value is -3.92. The first-order chi connectivity index (χ1) is 18.6. The summed E-state index contributed by atoms with van der Waals surface area (Å²) in [5.41, 5.74) is 2.45. The largest absolute Gasteiger partial charge is 0.445 e. The first-order valence-electron chi connectivity index (χ1n) is 12.5. The summed E-state index contributed by atoms with van der Waals surface area (Å²) in [7, 11) is 0. The molecular formula is C29H30N2O7. The summed E-state index contributed by atoms with van der Waals surface area (Å²) in [5, 5.41) is 13.8. The van der Waals surface area contributed by atoms with Crippen molar-refractivity contribution in [1.29, 1.82) is 0 Å². The van der Waals surface area contributed by atoms with Crippen LogP contribution in [0.3, 0.4) is 0 Å². The minimum absolute atomic E-state index is 0.0367. The third kappa shape index (κ3) is 6.13. The summed E-state index contributed by atoms with van der Waals surface area (Å²) in [6.07, 6.45) is -4.49. The number of ether oxygens (including phenoxy) is 4. The van der Waals surface area contributed by atoms with E-state index < -0.39 is 42.8 Å². The molecule has 9 heteroatoms. The number of alkyl carbamates (subject to hydrolysis) is 1. The van der Waals surface area contributed by atoms with Crippen LogP contribution < -0.4 is 5.32 Å². The second-order valence-corrected chi connectivity index (χ2v) is 9.23. The van der Waals surface area contributed by atoms with Gasteiger partial charge >= 0.3 is 12.2 Å². The average Bonchev–Trinajstić information content (AvgIpc) is 2.97. The van der Waals surface area contributed by atoms with Gasteiger partial charge in [-0.25, -0.2) is 9.59 Å². The molecule has 38 heavy (non-hydrogen) atoms. The maximum Gasteiger partial charge on any atom is 0.412 e. The molecule has 0 radical (unpaired) electrons. The van der Waals surface area contributed by atoms with Gasteiger partial charge in [-0.1, -0.05) is 91.0 Å². The number of rotatable bonds is 6. The van der Waals surface area contributed by atoms with Gasteiger partial charge in [0.1, 0.15) is 31.5 Å². The number of aliphatic hydroxyl groups excluding tert-OH is 1. The van der Waals surface area contributed by atoms with Crippen molar-refractivity contribution in [3.8, 4) is 0 Å². The van der Waals surface area contributed by atoms with Crippen LogP contribution in [0.15, 0.2) is 91.0 Å². The molecule has 2 N–H and O–H groups in total. The number of nitrogens with zero attached hydrogens (tertiary/aromatic N) is 1. The molecule has 3 aromatic rings. The maximum atomic E-state index is 13.1. The number of aliphatic hydroxyl groups is 1. The van der Waals surface area contributed by atoms with E-state index in [9.17, 15) is 14.7 Å². The summed E-state index contributed by atoms with van der Waals surface area (Å²) in [6, 6.07) is 27.2. The fourth-order valence-electron chi connectivity index (χ4n) is 4.60. The molecule has 0 aromatic heterocycles. The summed E-state index contributed by atoms with van der Waals surface area (Å²) >= 11 is 0. The van der Waals surface area contributed by atoms with Crippen LogP contribution in [0.1, 0.15) is 22.9 Å². The van der Waals surface area contributed by atoms with Crippen LogP contribution in [0.2, 0.25) is 0 Å². The molecule has 9 nitrogen and oxygen atoms in total. The summed E-state index contributed by atoms with van der Waals surface area (Å²) in [6.45, 7) is 0.413. The molecule has 0 spiro atoms. The first kappa shape index (κ1) is 25.7. The van der Waals surface area contributed by atoms with Crippen LogP contribution in [0, 0.1) is 0 Å². The molecule has 5 atom stereocenters. The number of carbonyl (C=O) groups is 2. The lowest BCUT2D eigenvalue weighted by Crippen LogP contribution is -2.65. The van der Waals surface area contributed by atoms with Crippen LogP contribution in [-0.2, 0) is 32.2 Å². The van der Waals surface area contributed by atoms with Gasteiger partial charge in [-0.05, 0) is 11.1 Å². The zero-order valence-electron chi connectivity index (χ0n) is 20.7. The number of hydrogen-bond donors (Lipinski definition) is 2. The highest BCUT2D eigenvalue weighted by Crippen LogP contribution is 2.35. The van der Waals surface area contributed by atoms with E-state index in [1.54, 1.807) is 0 Å². The number of benzene rings is 3. The van der Waals surface area contributed by atoms with E-state index in [1.807, 2.05) is 91.0 Å². The van der Waals surface area contributed by atoms with Crippen molar-refractivity contribution in [2.45, 2.75) is 43.8 Å². The fourth-order valence-corrected chi connectivity index (χ4v) is 4.60. The zero-order chi connectivity index (χ0) is 26.3. The predicted octanol–water partition coefficient (Wildman–Crippen LogP) is 3.78. The molecule has 2 fully saturated rings. The Bertz CT molecular complexity index is 1190. The van der Waals surface area contributed by atoms with E-state index in [4.69, 9.17) is 18.9 Å². The van der Waals surface area contributed by atoms with Crippen molar-refractivity contribution >= 4 is 12.2 Å². The van der Waals surface area contributed by atoms with Gasteiger partial charge in [0.25, 0.3) is 0 Å². The van der Waals surface area contributed by atoms with Crippen molar-refractivity contribution in [2.24, 2.45) is 0 Å². The number of hydrogen-bond acceptors (Lipinski definition) is 7. The van der Waals surface area contributed by atoms with Crippen molar-refractivity contribution in [3.05, 3.63) is 108 Å². The Balaban J connectivity index is 1.24. The molecule has 198 valence electrons. The van der Waals surface area contributed by atoms with Crippen molar-refractivity contribution in [2.75, 3.05) is 13.2 Å². The van der Waals surface area contributed by atoms with Crippen LogP contribution in [0.4, 0.5) is 9.59 Å². The lowest BCUT2D eigenvalue weighted by Gasteiger charge is -2.48. The van der Waals surface area contributed by atoms with Gasteiger partial charge in [0.2, 0.25) is 0 Å². The minimum atomic E-state index is -1.08. The number of amides is 2. The maximum absolute atomic E-state index is 13.1. The fraction of sp³-hybridized carbons (Fsp3) is 0.310. The topological polar surface area (TPSA) is 107 Å². The summed E-state index contributed by atoms with van der Waals surface area (Å²) < 4.78 is 23.1. The molecular weight excluding hydrogens is 488 g/mol. The van der Waals surface area contributed by atoms with Gasteiger partial charge in [0.15, 0.2) is 6.23 Å². The van der Waals surface area contributed by atoms with Crippen LogP contribution >= 0.6 is 0 Å².